The molecule has 20 heavy (non-hydrogen) atoms. The van der Waals surface area contributed by atoms with Crippen molar-refractivity contribution in [3.05, 3.63) is 59.8 Å². The van der Waals surface area contributed by atoms with Crippen LogP contribution in [0.4, 0.5) is 5.69 Å². The smallest absolute Gasteiger partial charge is 0.0723 e. The minimum Gasteiger partial charge on any atom is -0.377 e. The van der Waals surface area contributed by atoms with Crippen molar-refractivity contribution in [1.29, 1.82) is 0 Å². The highest BCUT2D eigenvalue weighted by Crippen LogP contribution is 2.29. The highest BCUT2D eigenvalue weighted by Gasteiger charge is 2.05. The van der Waals surface area contributed by atoms with Crippen molar-refractivity contribution < 1.29 is 0 Å². The van der Waals surface area contributed by atoms with E-state index in [2.05, 4.69) is 23.2 Å². The molecular formula is C17H14ClN2. The minimum atomic E-state index is 0.705. The van der Waals surface area contributed by atoms with Crippen molar-refractivity contribution in [2.45, 2.75) is 0 Å². The molecule has 0 saturated heterocycles. The third kappa shape index (κ3) is 2.35. The first-order chi connectivity index (χ1) is 9.65. The molecule has 1 heterocycles. The molecule has 1 aromatic heterocycles. The van der Waals surface area contributed by atoms with E-state index in [4.69, 9.17) is 11.6 Å². The standard InChI is InChI=1S/C17H14ClN2/c1-20(2)14-6-3-12(4-7-14)15-9-10-19-17-11-13(18)5-8-16(15)17/h3-6,8-11H,1-2H3. The Bertz CT molecular complexity index is 749. The maximum atomic E-state index is 6.02. The molecule has 0 amide bonds. The van der Waals surface area contributed by atoms with Crippen LogP contribution in [0.25, 0.3) is 22.0 Å². The number of nitrogens with zero attached hydrogens (tertiary/aromatic N) is 2. The highest BCUT2D eigenvalue weighted by molar-refractivity contribution is 6.31. The van der Waals surface area contributed by atoms with Gasteiger partial charge in [-0.15, -0.1) is 0 Å². The number of hydrogen-bond acceptors (Lipinski definition) is 2. The quantitative estimate of drug-likeness (QED) is 0.691. The van der Waals surface area contributed by atoms with Gasteiger partial charge in [-0.05, 0) is 41.5 Å². The van der Waals surface area contributed by atoms with Crippen molar-refractivity contribution in [3.63, 3.8) is 0 Å². The Morgan fingerprint density at radius 3 is 2.65 bits per heavy atom. The Hall–Kier alpha value is -2.06. The molecule has 3 heteroatoms. The van der Waals surface area contributed by atoms with E-state index in [1.807, 2.05) is 55.5 Å². The van der Waals surface area contributed by atoms with Gasteiger partial charge in [-0.25, -0.2) is 0 Å². The van der Waals surface area contributed by atoms with E-state index in [0.29, 0.717) is 5.02 Å². The maximum absolute atomic E-state index is 6.02. The van der Waals surface area contributed by atoms with E-state index in [1.165, 1.54) is 0 Å². The molecule has 2 nitrogen and oxygen atoms in total. The van der Waals surface area contributed by atoms with E-state index in [1.54, 1.807) is 0 Å². The number of aromatic nitrogens is 1. The Labute approximate surface area is 123 Å². The summed E-state index contributed by atoms with van der Waals surface area (Å²) in [7, 11) is 4.02. The van der Waals surface area contributed by atoms with Gasteiger partial charge in [-0.1, -0.05) is 23.7 Å². The zero-order chi connectivity index (χ0) is 14.1. The molecule has 0 aliphatic carbocycles. The molecule has 99 valence electrons. The number of anilines is 1. The fourth-order valence-corrected chi connectivity index (χ4v) is 2.40. The Kier molecular flexibility index (Phi) is 3.33. The molecule has 0 N–H and O–H groups in total. The zero-order valence-electron chi connectivity index (χ0n) is 11.4. The fourth-order valence-electron chi connectivity index (χ4n) is 2.24. The third-order valence-electron chi connectivity index (χ3n) is 3.29. The van der Waals surface area contributed by atoms with Crippen LogP contribution in [0.1, 0.15) is 0 Å². The van der Waals surface area contributed by atoms with Crippen LogP contribution in [-0.4, -0.2) is 19.1 Å². The molecule has 0 unspecified atom stereocenters. The molecule has 3 rings (SSSR count). The molecular weight excluding hydrogens is 268 g/mol. The predicted molar refractivity (Wildman–Crippen MR) is 85.4 cm³/mol. The van der Waals surface area contributed by atoms with Crippen molar-refractivity contribution in [3.8, 4) is 11.1 Å². The number of pyridine rings is 1. The van der Waals surface area contributed by atoms with Crippen LogP contribution in [0.2, 0.25) is 5.02 Å². The van der Waals surface area contributed by atoms with Crippen LogP contribution < -0.4 is 4.90 Å². The summed E-state index contributed by atoms with van der Waals surface area (Å²) >= 11 is 6.02. The lowest BCUT2D eigenvalue weighted by Crippen LogP contribution is -2.08. The summed E-state index contributed by atoms with van der Waals surface area (Å²) in [5, 5.41) is 1.81. The molecule has 0 aliphatic rings. The van der Waals surface area contributed by atoms with Crippen molar-refractivity contribution in [2.24, 2.45) is 0 Å². The van der Waals surface area contributed by atoms with Gasteiger partial charge in [0.1, 0.15) is 0 Å². The first-order valence-electron chi connectivity index (χ1n) is 6.39. The number of hydrogen-bond donors (Lipinski definition) is 0. The second-order valence-electron chi connectivity index (χ2n) is 4.88. The number of rotatable bonds is 2. The Balaban J connectivity index is 2.14. The van der Waals surface area contributed by atoms with Crippen LogP contribution >= 0.6 is 11.6 Å². The molecule has 0 atom stereocenters. The van der Waals surface area contributed by atoms with E-state index in [-0.39, 0.29) is 0 Å². The lowest BCUT2D eigenvalue weighted by Gasteiger charge is -2.13. The van der Waals surface area contributed by atoms with E-state index in [9.17, 15) is 0 Å². The summed E-state index contributed by atoms with van der Waals surface area (Å²) in [6, 6.07) is 17.3. The van der Waals surface area contributed by atoms with Gasteiger partial charge < -0.3 is 4.90 Å². The van der Waals surface area contributed by atoms with Crippen molar-refractivity contribution in [1.82, 2.24) is 4.98 Å². The van der Waals surface area contributed by atoms with Gasteiger partial charge in [-0.2, -0.15) is 0 Å². The van der Waals surface area contributed by atoms with E-state index in [0.717, 1.165) is 27.7 Å². The minimum absolute atomic E-state index is 0.705. The summed E-state index contributed by atoms with van der Waals surface area (Å²) in [6.07, 6.45) is 1.81. The first kappa shape index (κ1) is 12.9. The molecule has 0 spiro atoms. The van der Waals surface area contributed by atoms with Crippen LogP contribution in [0.15, 0.2) is 48.7 Å². The molecule has 3 aromatic rings. The SMILES string of the molecule is CN(C)c1[c]cc(-c2ccnc3cc(Cl)ccc23)cc1. The highest BCUT2D eigenvalue weighted by atomic mass is 35.5. The number of halogens is 1. The predicted octanol–water partition coefficient (Wildman–Crippen LogP) is 4.42. The van der Waals surface area contributed by atoms with Gasteiger partial charge in [0, 0.05) is 42.5 Å². The summed E-state index contributed by atoms with van der Waals surface area (Å²) < 4.78 is 0. The summed E-state index contributed by atoms with van der Waals surface area (Å²) in [5.41, 5.74) is 4.25. The average Bonchev–Trinajstić information content (AvgIpc) is 2.46. The lowest BCUT2D eigenvalue weighted by atomic mass is 10.0. The van der Waals surface area contributed by atoms with Crippen molar-refractivity contribution >= 4 is 28.2 Å². The maximum Gasteiger partial charge on any atom is 0.0723 e. The molecule has 0 bridgehead atoms. The van der Waals surface area contributed by atoms with Gasteiger partial charge in [0.2, 0.25) is 0 Å². The van der Waals surface area contributed by atoms with E-state index >= 15 is 0 Å². The average molecular weight is 282 g/mol. The van der Waals surface area contributed by atoms with Crippen molar-refractivity contribution in [2.75, 3.05) is 19.0 Å². The molecule has 0 fully saturated rings. The first-order valence-corrected chi connectivity index (χ1v) is 6.76. The molecule has 2 aromatic carbocycles. The summed E-state index contributed by atoms with van der Waals surface area (Å²) in [6.45, 7) is 0. The Morgan fingerprint density at radius 1 is 1.10 bits per heavy atom. The van der Waals surface area contributed by atoms with Crippen LogP contribution in [0.5, 0.6) is 0 Å². The van der Waals surface area contributed by atoms with Gasteiger partial charge in [-0.3, -0.25) is 4.98 Å². The topological polar surface area (TPSA) is 16.1 Å². The lowest BCUT2D eigenvalue weighted by molar-refractivity contribution is 1.13. The second-order valence-corrected chi connectivity index (χ2v) is 5.31. The number of benzene rings is 2. The summed E-state index contributed by atoms with van der Waals surface area (Å²) in [5.74, 6) is 0. The zero-order valence-corrected chi connectivity index (χ0v) is 12.1. The third-order valence-corrected chi connectivity index (χ3v) is 3.53. The monoisotopic (exact) mass is 281 g/mol. The van der Waals surface area contributed by atoms with Crippen LogP contribution in [0.3, 0.4) is 0 Å². The molecule has 0 saturated carbocycles. The number of fused-ring (bicyclic) bond motifs is 1. The van der Waals surface area contributed by atoms with Gasteiger partial charge in [0.05, 0.1) is 5.52 Å². The molecule has 0 aliphatic heterocycles. The second kappa shape index (κ2) is 5.14. The fraction of sp³-hybridized carbons (Fsp3) is 0.118. The van der Waals surface area contributed by atoms with E-state index < -0.39 is 0 Å². The van der Waals surface area contributed by atoms with Crippen LogP contribution in [0, 0.1) is 6.07 Å². The van der Waals surface area contributed by atoms with Gasteiger partial charge in [0.15, 0.2) is 0 Å². The summed E-state index contributed by atoms with van der Waals surface area (Å²) in [4.78, 5) is 6.41. The molecule has 1 radical (unpaired) electrons. The van der Waals surface area contributed by atoms with Gasteiger partial charge in [0.25, 0.3) is 0 Å². The largest absolute Gasteiger partial charge is 0.377 e. The Morgan fingerprint density at radius 2 is 1.95 bits per heavy atom. The van der Waals surface area contributed by atoms with Crippen LogP contribution in [-0.2, 0) is 0 Å². The van der Waals surface area contributed by atoms with Gasteiger partial charge >= 0.3 is 0 Å². The normalized spacial score (nSPS) is 10.8.